The topological polar surface area (TPSA) is 13.1 Å². The van der Waals surface area contributed by atoms with E-state index in [1.165, 1.54) is 21.7 Å². The highest BCUT2D eigenvalue weighted by Crippen LogP contribution is 2.38. The zero-order valence-electron chi connectivity index (χ0n) is 10.8. The summed E-state index contributed by atoms with van der Waals surface area (Å²) < 4.78 is 6.62. The Morgan fingerprint density at radius 1 is 1.00 bits per heavy atom. The quantitative estimate of drug-likeness (QED) is 0.523. The Labute approximate surface area is 115 Å². The Balaban J connectivity index is 2.54. The van der Waals surface area contributed by atoms with E-state index in [1.807, 2.05) is 0 Å². The maximum Gasteiger partial charge on any atom is 0.170 e. The highest BCUT2D eigenvalue weighted by Gasteiger charge is 2.20. The van der Waals surface area contributed by atoms with E-state index in [0.29, 0.717) is 0 Å². The first-order valence-electron chi connectivity index (χ1n) is 6.08. The van der Waals surface area contributed by atoms with E-state index in [4.69, 9.17) is 4.42 Å². The van der Waals surface area contributed by atoms with Crippen LogP contribution in [0, 0.1) is 0 Å². The zero-order valence-corrected chi connectivity index (χ0v) is 12.3. The van der Waals surface area contributed by atoms with Crippen molar-refractivity contribution in [1.82, 2.24) is 0 Å². The second kappa shape index (κ2) is 3.86. The van der Waals surface area contributed by atoms with Gasteiger partial charge in [-0.2, -0.15) is 0 Å². The van der Waals surface area contributed by atoms with Crippen molar-refractivity contribution in [3.63, 3.8) is 0 Å². The average molecular weight is 303 g/mol. The molecule has 18 heavy (non-hydrogen) atoms. The van der Waals surface area contributed by atoms with Crippen LogP contribution in [0.15, 0.2) is 45.5 Å². The minimum absolute atomic E-state index is 0.103. The van der Waals surface area contributed by atoms with Crippen LogP contribution < -0.4 is 0 Å². The lowest BCUT2D eigenvalue weighted by Gasteiger charge is -2.20. The van der Waals surface area contributed by atoms with Crippen LogP contribution in [0.2, 0.25) is 0 Å². The molecule has 1 nitrogen and oxygen atoms in total. The second-order valence-corrected chi connectivity index (χ2v) is 6.47. The van der Waals surface area contributed by atoms with Crippen LogP contribution in [0.4, 0.5) is 0 Å². The summed E-state index contributed by atoms with van der Waals surface area (Å²) in [6, 6.07) is 12.7. The first-order chi connectivity index (χ1) is 8.47. The van der Waals surface area contributed by atoms with E-state index in [2.05, 4.69) is 73.1 Å². The monoisotopic (exact) mass is 302 g/mol. The smallest absolute Gasteiger partial charge is 0.170 e. The molecule has 0 fully saturated rings. The molecule has 2 aromatic carbocycles. The number of halogens is 1. The van der Waals surface area contributed by atoms with Gasteiger partial charge < -0.3 is 4.42 Å². The third-order valence-corrected chi connectivity index (χ3v) is 3.70. The molecule has 0 aliphatic heterocycles. The van der Waals surface area contributed by atoms with Crippen LogP contribution in [0.25, 0.3) is 21.7 Å². The molecule has 0 N–H and O–H groups in total. The molecule has 0 saturated carbocycles. The fourth-order valence-electron chi connectivity index (χ4n) is 2.44. The van der Waals surface area contributed by atoms with Crippen LogP contribution in [-0.4, -0.2) is 0 Å². The predicted molar refractivity (Wildman–Crippen MR) is 80.1 cm³/mol. The molecule has 92 valence electrons. The molecular weight excluding hydrogens is 288 g/mol. The van der Waals surface area contributed by atoms with E-state index in [1.54, 1.807) is 0 Å². The Morgan fingerprint density at radius 2 is 1.72 bits per heavy atom. The van der Waals surface area contributed by atoms with Crippen molar-refractivity contribution in [2.24, 2.45) is 0 Å². The summed E-state index contributed by atoms with van der Waals surface area (Å²) in [5.41, 5.74) is 2.40. The molecule has 0 radical (unpaired) electrons. The van der Waals surface area contributed by atoms with E-state index >= 15 is 0 Å². The molecule has 0 spiro atoms. The van der Waals surface area contributed by atoms with Gasteiger partial charge >= 0.3 is 0 Å². The Kier molecular flexibility index (Phi) is 2.53. The molecule has 0 aliphatic rings. The molecular formula is C16H15BrO. The van der Waals surface area contributed by atoms with Gasteiger partial charge in [-0.25, -0.2) is 0 Å². The standard InChI is InChI=1S/C16H15BrO/c1-16(2,3)13-8-10-6-4-5-7-11(10)15-12(13)9-14(17)18-15/h4-9H,1-3H3. The molecule has 1 heterocycles. The minimum atomic E-state index is 0.103. The highest BCUT2D eigenvalue weighted by molar-refractivity contribution is 9.10. The summed E-state index contributed by atoms with van der Waals surface area (Å²) in [7, 11) is 0. The lowest BCUT2D eigenvalue weighted by Crippen LogP contribution is -2.11. The molecule has 1 aromatic heterocycles. The zero-order chi connectivity index (χ0) is 12.9. The molecule has 3 aromatic rings. The Morgan fingerprint density at radius 3 is 2.44 bits per heavy atom. The normalized spacial score (nSPS) is 12.4. The summed E-state index contributed by atoms with van der Waals surface area (Å²) in [6.45, 7) is 6.70. The van der Waals surface area contributed by atoms with Crippen molar-refractivity contribution in [3.05, 3.63) is 46.6 Å². The van der Waals surface area contributed by atoms with Crippen LogP contribution in [0.5, 0.6) is 0 Å². The van der Waals surface area contributed by atoms with Crippen molar-refractivity contribution in [2.45, 2.75) is 26.2 Å². The van der Waals surface area contributed by atoms with Gasteiger partial charge in [0.2, 0.25) is 0 Å². The first kappa shape index (κ1) is 11.8. The van der Waals surface area contributed by atoms with E-state index < -0.39 is 0 Å². The van der Waals surface area contributed by atoms with Gasteiger partial charge in [0.1, 0.15) is 5.58 Å². The van der Waals surface area contributed by atoms with Crippen LogP contribution in [-0.2, 0) is 5.41 Å². The summed E-state index contributed by atoms with van der Waals surface area (Å²) in [5.74, 6) is 0. The maximum atomic E-state index is 5.83. The molecule has 0 aliphatic carbocycles. The third-order valence-electron chi connectivity index (χ3n) is 3.31. The van der Waals surface area contributed by atoms with Crippen molar-refractivity contribution in [2.75, 3.05) is 0 Å². The van der Waals surface area contributed by atoms with Gasteiger partial charge in [-0.05, 0) is 44.4 Å². The van der Waals surface area contributed by atoms with Gasteiger partial charge in [0, 0.05) is 10.8 Å². The number of rotatable bonds is 0. The lowest BCUT2D eigenvalue weighted by atomic mass is 9.83. The fraction of sp³-hybridized carbons (Fsp3) is 0.250. The van der Waals surface area contributed by atoms with Crippen molar-refractivity contribution >= 4 is 37.7 Å². The Bertz CT molecular complexity index is 732. The summed E-state index contributed by atoms with van der Waals surface area (Å²) >= 11 is 3.44. The molecule has 2 heteroatoms. The van der Waals surface area contributed by atoms with Gasteiger partial charge in [0.25, 0.3) is 0 Å². The van der Waals surface area contributed by atoms with Gasteiger partial charge in [0.15, 0.2) is 4.67 Å². The van der Waals surface area contributed by atoms with E-state index in [0.717, 1.165) is 10.3 Å². The summed E-state index contributed by atoms with van der Waals surface area (Å²) in [5, 5.41) is 3.61. The van der Waals surface area contributed by atoms with Gasteiger partial charge in [0.05, 0.1) is 0 Å². The summed E-state index contributed by atoms with van der Waals surface area (Å²) in [4.78, 5) is 0. The second-order valence-electron chi connectivity index (χ2n) is 5.69. The number of hydrogen-bond donors (Lipinski definition) is 0. The van der Waals surface area contributed by atoms with Gasteiger partial charge in [-0.15, -0.1) is 0 Å². The lowest BCUT2D eigenvalue weighted by molar-refractivity contribution is 0.585. The molecule has 0 bridgehead atoms. The number of hydrogen-bond acceptors (Lipinski definition) is 1. The molecule has 0 amide bonds. The highest BCUT2D eigenvalue weighted by atomic mass is 79.9. The SMILES string of the molecule is CC(C)(C)c1cc2ccccc2c2oc(Br)cc12. The van der Waals surface area contributed by atoms with Crippen molar-refractivity contribution in [1.29, 1.82) is 0 Å². The molecule has 0 unspecified atom stereocenters. The van der Waals surface area contributed by atoms with E-state index in [-0.39, 0.29) is 5.41 Å². The van der Waals surface area contributed by atoms with Crippen LogP contribution in [0.3, 0.4) is 0 Å². The molecule has 0 atom stereocenters. The number of fused-ring (bicyclic) bond motifs is 3. The average Bonchev–Trinajstić information content (AvgIpc) is 2.68. The largest absolute Gasteiger partial charge is 0.449 e. The number of benzene rings is 2. The summed E-state index contributed by atoms with van der Waals surface area (Å²) in [6.07, 6.45) is 0. The minimum Gasteiger partial charge on any atom is -0.449 e. The van der Waals surface area contributed by atoms with Gasteiger partial charge in [-0.1, -0.05) is 45.0 Å². The van der Waals surface area contributed by atoms with Gasteiger partial charge in [-0.3, -0.25) is 0 Å². The molecule has 3 rings (SSSR count). The first-order valence-corrected chi connectivity index (χ1v) is 6.87. The van der Waals surface area contributed by atoms with Crippen molar-refractivity contribution < 1.29 is 4.42 Å². The molecule has 0 saturated heterocycles. The third kappa shape index (κ3) is 1.76. The fourth-order valence-corrected chi connectivity index (χ4v) is 2.84. The number of furan rings is 1. The predicted octanol–water partition coefficient (Wildman–Crippen LogP) is 5.65. The van der Waals surface area contributed by atoms with Crippen LogP contribution >= 0.6 is 15.9 Å². The van der Waals surface area contributed by atoms with Crippen molar-refractivity contribution in [3.8, 4) is 0 Å². The Hall–Kier alpha value is -1.28. The van der Waals surface area contributed by atoms with Crippen LogP contribution in [0.1, 0.15) is 26.3 Å². The van der Waals surface area contributed by atoms with E-state index in [9.17, 15) is 0 Å². The maximum absolute atomic E-state index is 5.83.